The van der Waals surface area contributed by atoms with Crippen molar-refractivity contribution in [1.82, 2.24) is 14.5 Å². The molecule has 1 saturated heterocycles. The number of imidazole rings is 1. The fourth-order valence-corrected chi connectivity index (χ4v) is 4.32. The van der Waals surface area contributed by atoms with Gasteiger partial charge in [0.05, 0.1) is 18.8 Å². The first-order chi connectivity index (χ1) is 11.3. The maximum Gasteiger partial charge on any atom is 0.227 e. The number of hydrogen-bond donors (Lipinski definition) is 0. The molecule has 0 bridgehead atoms. The Morgan fingerprint density at radius 3 is 3.13 bits per heavy atom. The Hall–Kier alpha value is -2.14. The molecule has 2 aromatic heterocycles. The summed E-state index contributed by atoms with van der Waals surface area (Å²) in [5.41, 5.74) is 1.15. The lowest BCUT2D eigenvalue weighted by Crippen LogP contribution is -2.41. The van der Waals surface area contributed by atoms with E-state index in [-0.39, 0.29) is 5.91 Å². The van der Waals surface area contributed by atoms with Gasteiger partial charge in [-0.05, 0) is 35.2 Å². The van der Waals surface area contributed by atoms with E-state index in [1.54, 1.807) is 17.5 Å². The topological polar surface area (TPSA) is 38.1 Å². The number of hydrogen-bond acceptors (Lipinski definition) is 3. The average Bonchev–Trinajstić information content (AvgIpc) is 3.25. The number of carbonyl (C=O) groups excluding carboxylic acids is 1. The summed E-state index contributed by atoms with van der Waals surface area (Å²) >= 11 is 1.72. The summed E-state index contributed by atoms with van der Waals surface area (Å²) < 4.78 is 3.38. The minimum absolute atomic E-state index is 0.235. The molecule has 0 saturated carbocycles. The largest absolute Gasteiger partial charge is 0.340 e. The van der Waals surface area contributed by atoms with Crippen LogP contribution < -0.4 is 0 Å². The number of benzene rings is 1. The molecule has 3 heterocycles. The molecule has 5 heteroatoms. The molecule has 23 heavy (non-hydrogen) atoms. The predicted molar refractivity (Wildman–Crippen MR) is 92.6 cm³/mol. The highest BCUT2D eigenvalue weighted by molar-refractivity contribution is 7.17. The summed E-state index contributed by atoms with van der Waals surface area (Å²) in [5.74, 6) is 0.235. The Bertz CT molecular complexity index is 809. The quantitative estimate of drug-likeness (QED) is 0.739. The monoisotopic (exact) mass is 325 g/mol. The summed E-state index contributed by atoms with van der Waals surface area (Å²) in [6.45, 7) is 1.66. The number of thiophene rings is 1. The van der Waals surface area contributed by atoms with Gasteiger partial charge in [-0.15, -0.1) is 11.3 Å². The van der Waals surface area contributed by atoms with Gasteiger partial charge in [0.25, 0.3) is 0 Å². The lowest BCUT2D eigenvalue weighted by Gasteiger charge is -2.33. The molecule has 4 nitrogen and oxygen atoms in total. The number of nitrogens with zero attached hydrogens (tertiary/aromatic N) is 3. The number of fused-ring (bicyclic) bond motifs is 1. The maximum atomic E-state index is 12.7. The third-order valence-corrected chi connectivity index (χ3v) is 5.61. The molecule has 3 aromatic rings. The molecule has 1 unspecified atom stereocenters. The number of rotatable bonds is 3. The Balaban J connectivity index is 1.48. The smallest absolute Gasteiger partial charge is 0.227 e. The van der Waals surface area contributed by atoms with Crippen molar-refractivity contribution in [3.8, 4) is 0 Å². The van der Waals surface area contributed by atoms with Crippen molar-refractivity contribution in [3.05, 3.63) is 53.9 Å². The molecule has 1 aliphatic rings. The highest BCUT2D eigenvalue weighted by Crippen LogP contribution is 2.27. The number of carbonyl (C=O) groups is 1. The van der Waals surface area contributed by atoms with Gasteiger partial charge in [-0.2, -0.15) is 0 Å². The van der Waals surface area contributed by atoms with Gasteiger partial charge in [0.15, 0.2) is 0 Å². The molecule has 1 atom stereocenters. The second kappa shape index (κ2) is 6.16. The fraction of sp³-hybridized carbons (Fsp3) is 0.333. The molecule has 0 radical (unpaired) electrons. The van der Waals surface area contributed by atoms with Gasteiger partial charge in [0, 0.05) is 30.2 Å². The number of amides is 1. The Kier molecular flexibility index (Phi) is 3.87. The second-order valence-electron chi connectivity index (χ2n) is 6.08. The highest BCUT2D eigenvalue weighted by atomic mass is 32.1. The van der Waals surface area contributed by atoms with Gasteiger partial charge in [0.1, 0.15) is 0 Å². The molecule has 1 fully saturated rings. The van der Waals surface area contributed by atoms with E-state index in [1.165, 1.54) is 10.1 Å². The zero-order valence-corrected chi connectivity index (χ0v) is 13.7. The Labute approximate surface area is 139 Å². The number of piperidine rings is 1. The van der Waals surface area contributed by atoms with E-state index >= 15 is 0 Å². The summed E-state index contributed by atoms with van der Waals surface area (Å²) in [5, 5.41) is 3.34. The number of likely N-dealkylation sites (tertiary alicyclic amines) is 1. The maximum absolute atomic E-state index is 12.7. The van der Waals surface area contributed by atoms with E-state index in [0.29, 0.717) is 12.5 Å². The van der Waals surface area contributed by atoms with E-state index in [9.17, 15) is 4.79 Å². The van der Waals surface area contributed by atoms with Crippen LogP contribution in [-0.4, -0.2) is 33.4 Å². The van der Waals surface area contributed by atoms with Crippen LogP contribution in [0, 0.1) is 0 Å². The van der Waals surface area contributed by atoms with Crippen molar-refractivity contribution < 1.29 is 4.79 Å². The van der Waals surface area contributed by atoms with Crippen LogP contribution in [0.1, 0.15) is 24.4 Å². The first-order valence-corrected chi connectivity index (χ1v) is 8.89. The van der Waals surface area contributed by atoms with Crippen molar-refractivity contribution in [2.45, 2.75) is 25.3 Å². The zero-order chi connectivity index (χ0) is 15.6. The molecular formula is C18H19N3OS. The molecule has 118 valence electrons. The molecule has 1 amide bonds. The van der Waals surface area contributed by atoms with E-state index < -0.39 is 0 Å². The lowest BCUT2D eigenvalue weighted by atomic mass is 10.0. The summed E-state index contributed by atoms with van der Waals surface area (Å²) in [7, 11) is 0. The van der Waals surface area contributed by atoms with E-state index in [2.05, 4.69) is 27.1 Å². The van der Waals surface area contributed by atoms with Gasteiger partial charge in [-0.3, -0.25) is 4.79 Å². The fourth-order valence-electron chi connectivity index (χ4n) is 3.35. The van der Waals surface area contributed by atoms with Crippen molar-refractivity contribution >= 4 is 27.3 Å². The molecule has 1 aliphatic heterocycles. The standard InChI is InChI=1S/C18H19N3OS/c22-18(10-14-12-23-17-6-2-1-5-16(14)17)20-8-3-4-15(11-20)21-9-7-19-13-21/h1-2,5-7,9,12-13,15H,3-4,8,10-11H2. The second-order valence-corrected chi connectivity index (χ2v) is 6.99. The molecular weight excluding hydrogens is 306 g/mol. The first-order valence-electron chi connectivity index (χ1n) is 8.01. The van der Waals surface area contributed by atoms with Crippen LogP contribution in [0.25, 0.3) is 10.1 Å². The molecule has 0 N–H and O–H groups in total. The third kappa shape index (κ3) is 2.88. The third-order valence-electron chi connectivity index (χ3n) is 4.60. The van der Waals surface area contributed by atoms with Crippen LogP contribution in [0.2, 0.25) is 0 Å². The molecule has 0 spiro atoms. The van der Waals surface area contributed by atoms with Crippen molar-refractivity contribution in [2.75, 3.05) is 13.1 Å². The lowest BCUT2D eigenvalue weighted by molar-refractivity contribution is -0.132. The van der Waals surface area contributed by atoms with Crippen molar-refractivity contribution in [3.63, 3.8) is 0 Å². The van der Waals surface area contributed by atoms with Crippen LogP contribution in [0.15, 0.2) is 48.4 Å². The Morgan fingerprint density at radius 1 is 1.35 bits per heavy atom. The summed E-state index contributed by atoms with van der Waals surface area (Å²) in [4.78, 5) is 18.9. The minimum Gasteiger partial charge on any atom is -0.340 e. The minimum atomic E-state index is 0.235. The zero-order valence-electron chi connectivity index (χ0n) is 12.9. The van der Waals surface area contributed by atoms with Crippen molar-refractivity contribution in [1.29, 1.82) is 0 Å². The van der Waals surface area contributed by atoms with Crippen LogP contribution in [0.5, 0.6) is 0 Å². The van der Waals surface area contributed by atoms with Crippen LogP contribution in [0.3, 0.4) is 0 Å². The van der Waals surface area contributed by atoms with Gasteiger partial charge in [-0.1, -0.05) is 18.2 Å². The van der Waals surface area contributed by atoms with E-state index in [1.807, 2.05) is 29.6 Å². The molecule has 4 rings (SSSR count). The number of aromatic nitrogens is 2. The molecule has 0 aliphatic carbocycles. The van der Waals surface area contributed by atoms with Gasteiger partial charge < -0.3 is 9.47 Å². The Morgan fingerprint density at radius 2 is 2.26 bits per heavy atom. The SMILES string of the molecule is O=C(Cc1csc2ccccc12)N1CCCC(n2ccnc2)C1. The van der Waals surface area contributed by atoms with E-state index in [0.717, 1.165) is 31.5 Å². The summed E-state index contributed by atoms with van der Waals surface area (Å²) in [6.07, 6.45) is 8.31. The summed E-state index contributed by atoms with van der Waals surface area (Å²) in [6, 6.07) is 8.67. The molecule has 1 aromatic carbocycles. The van der Waals surface area contributed by atoms with Gasteiger partial charge >= 0.3 is 0 Å². The van der Waals surface area contributed by atoms with Crippen LogP contribution >= 0.6 is 11.3 Å². The van der Waals surface area contributed by atoms with Gasteiger partial charge in [-0.25, -0.2) is 4.98 Å². The van der Waals surface area contributed by atoms with Crippen molar-refractivity contribution in [2.24, 2.45) is 0 Å². The normalized spacial score (nSPS) is 18.4. The predicted octanol–water partition coefficient (Wildman–Crippen LogP) is 3.50. The average molecular weight is 325 g/mol. The van der Waals surface area contributed by atoms with Gasteiger partial charge in [0.2, 0.25) is 5.91 Å². The van der Waals surface area contributed by atoms with Crippen LogP contribution in [-0.2, 0) is 11.2 Å². The van der Waals surface area contributed by atoms with E-state index in [4.69, 9.17) is 0 Å². The van der Waals surface area contributed by atoms with Crippen LogP contribution in [0.4, 0.5) is 0 Å². The first kappa shape index (κ1) is 14.5. The highest BCUT2D eigenvalue weighted by Gasteiger charge is 2.24.